The van der Waals surface area contributed by atoms with Crippen molar-refractivity contribution in [1.82, 2.24) is 15.1 Å². The van der Waals surface area contributed by atoms with Crippen LogP contribution in [0, 0.1) is 13.8 Å². The van der Waals surface area contributed by atoms with Gasteiger partial charge < -0.3 is 10.1 Å². The van der Waals surface area contributed by atoms with E-state index in [9.17, 15) is 0 Å². The molecule has 4 nitrogen and oxygen atoms in total. The van der Waals surface area contributed by atoms with Crippen LogP contribution in [0.25, 0.3) is 0 Å². The molecule has 0 aliphatic heterocycles. The van der Waals surface area contributed by atoms with Crippen LogP contribution in [-0.2, 0) is 11.3 Å². The fourth-order valence-corrected chi connectivity index (χ4v) is 3.48. The Kier molecular flexibility index (Phi) is 6.24. The maximum Gasteiger partial charge on any atom is 0.0644 e. The first kappa shape index (κ1) is 16.5. The number of rotatable bonds is 7. The molecule has 1 fully saturated rings. The Morgan fingerprint density at radius 1 is 1.29 bits per heavy atom. The van der Waals surface area contributed by atoms with E-state index in [0.29, 0.717) is 12.1 Å². The van der Waals surface area contributed by atoms with Crippen LogP contribution in [0.5, 0.6) is 0 Å². The van der Waals surface area contributed by atoms with E-state index in [0.717, 1.165) is 25.4 Å². The second-order valence-corrected chi connectivity index (χ2v) is 6.21. The van der Waals surface area contributed by atoms with Crippen LogP contribution in [0.4, 0.5) is 0 Å². The number of ether oxygens (including phenoxy) is 1. The Hall–Kier alpha value is -0.870. The summed E-state index contributed by atoms with van der Waals surface area (Å²) in [5, 5.41) is 8.18. The van der Waals surface area contributed by atoms with Crippen LogP contribution in [0.3, 0.4) is 0 Å². The molecule has 1 aromatic rings. The van der Waals surface area contributed by atoms with Crippen molar-refractivity contribution in [2.45, 2.75) is 78.5 Å². The summed E-state index contributed by atoms with van der Waals surface area (Å²) in [6.07, 6.45) is 7.05. The van der Waals surface area contributed by atoms with Gasteiger partial charge in [0.2, 0.25) is 0 Å². The summed E-state index contributed by atoms with van der Waals surface area (Å²) in [5.41, 5.74) is 3.76. The van der Waals surface area contributed by atoms with Gasteiger partial charge in [0.05, 0.1) is 18.4 Å². The maximum absolute atomic E-state index is 5.97. The first-order valence-electron chi connectivity index (χ1n) is 8.52. The largest absolute Gasteiger partial charge is 0.377 e. The molecule has 1 unspecified atom stereocenters. The molecule has 1 N–H and O–H groups in total. The molecule has 1 aliphatic rings. The topological polar surface area (TPSA) is 39.1 Å². The van der Waals surface area contributed by atoms with Crippen LogP contribution >= 0.6 is 0 Å². The first-order valence-corrected chi connectivity index (χ1v) is 8.52. The molecule has 0 aromatic carbocycles. The highest BCUT2D eigenvalue weighted by Gasteiger charge is 2.17. The molecular weight excluding hydrogens is 262 g/mol. The molecule has 4 heteroatoms. The predicted molar refractivity (Wildman–Crippen MR) is 86.6 cm³/mol. The van der Waals surface area contributed by atoms with Crippen molar-refractivity contribution in [3.05, 3.63) is 17.0 Å². The van der Waals surface area contributed by atoms with Gasteiger partial charge in [-0.3, -0.25) is 4.68 Å². The lowest BCUT2D eigenvalue weighted by Gasteiger charge is -2.22. The number of hydrogen-bond acceptors (Lipinski definition) is 3. The lowest BCUT2D eigenvalue weighted by Crippen LogP contribution is -2.27. The van der Waals surface area contributed by atoms with Crippen LogP contribution in [-0.4, -0.2) is 29.0 Å². The number of hydrogen-bond donors (Lipinski definition) is 1. The summed E-state index contributed by atoms with van der Waals surface area (Å²) >= 11 is 0. The summed E-state index contributed by atoms with van der Waals surface area (Å²) in [5.74, 6) is 0. The van der Waals surface area contributed by atoms with E-state index >= 15 is 0 Å². The smallest absolute Gasteiger partial charge is 0.0644 e. The SMILES string of the molecule is CCn1nc(C)c(C(C)NCCOC2CCCCC2)c1C. The molecule has 120 valence electrons. The highest BCUT2D eigenvalue weighted by Crippen LogP contribution is 2.22. The molecule has 1 saturated carbocycles. The van der Waals surface area contributed by atoms with E-state index in [4.69, 9.17) is 4.74 Å². The summed E-state index contributed by atoms with van der Waals surface area (Å²) in [7, 11) is 0. The summed E-state index contributed by atoms with van der Waals surface area (Å²) < 4.78 is 8.06. The Bertz CT molecular complexity index is 435. The standard InChI is InChI=1S/C17H31N3O/c1-5-20-15(4)17(14(3)19-20)13(2)18-11-12-21-16-9-7-6-8-10-16/h13,16,18H,5-12H2,1-4H3. The van der Waals surface area contributed by atoms with E-state index < -0.39 is 0 Å². The Morgan fingerprint density at radius 2 is 2.00 bits per heavy atom. The molecule has 1 aromatic heterocycles. The Balaban J connectivity index is 1.76. The molecule has 0 spiro atoms. The van der Waals surface area contributed by atoms with E-state index in [1.165, 1.54) is 43.4 Å². The molecule has 1 heterocycles. The summed E-state index contributed by atoms with van der Waals surface area (Å²) in [6, 6.07) is 0.334. The van der Waals surface area contributed by atoms with Gasteiger partial charge in [0.15, 0.2) is 0 Å². The van der Waals surface area contributed by atoms with Crippen LogP contribution in [0.1, 0.15) is 68.9 Å². The minimum atomic E-state index is 0.334. The molecule has 1 atom stereocenters. The van der Waals surface area contributed by atoms with Gasteiger partial charge in [0, 0.05) is 30.4 Å². The average molecular weight is 293 g/mol. The predicted octanol–water partition coefficient (Wildman–Crippen LogP) is 3.52. The number of aryl methyl sites for hydroxylation is 2. The fourth-order valence-electron chi connectivity index (χ4n) is 3.48. The highest BCUT2D eigenvalue weighted by molar-refractivity contribution is 5.27. The minimum Gasteiger partial charge on any atom is -0.377 e. The third kappa shape index (κ3) is 4.30. The molecule has 0 amide bonds. The van der Waals surface area contributed by atoms with Crippen molar-refractivity contribution in [3.63, 3.8) is 0 Å². The quantitative estimate of drug-likeness (QED) is 0.782. The van der Waals surface area contributed by atoms with Gasteiger partial charge in [-0.25, -0.2) is 0 Å². The molecule has 1 aliphatic carbocycles. The van der Waals surface area contributed by atoms with E-state index in [1.807, 2.05) is 0 Å². The Morgan fingerprint density at radius 3 is 2.62 bits per heavy atom. The third-order valence-electron chi connectivity index (χ3n) is 4.63. The number of aromatic nitrogens is 2. The fraction of sp³-hybridized carbons (Fsp3) is 0.824. The van der Waals surface area contributed by atoms with Gasteiger partial charge >= 0.3 is 0 Å². The summed E-state index contributed by atoms with van der Waals surface area (Å²) in [6.45, 7) is 11.3. The van der Waals surface area contributed by atoms with Crippen molar-refractivity contribution < 1.29 is 4.74 Å². The molecule has 0 radical (unpaired) electrons. The lowest BCUT2D eigenvalue weighted by molar-refractivity contribution is 0.0295. The van der Waals surface area contributed by atoms with Gasteiger partial charge in [-0.05, 0) is 40.5 Å². The lowest BCUT2D eigenvalue weighted by atomic mass is 9.98. The van der Waals surface area contributed by atoms with Gasteiger partial charge in [-0.1, -0.05) is 19.3 Å². The number of nitrogens with one attached hydrogen (secondary N) is 1. The molecule has 2 rings (SSSR count). The van der Waals surface area contributed by atoms with Gasteiger partial charge in [0.1, 0.15) is 0 Å². The van der Waals surface area contributed by atoms with Crippen molar-refractivity contribution in [2.75, 3.05) is 13.2 Å². The maximum atomic E-state index is 5.97. The second-order valence-electron chi connectivity index (χ2n) is 6.21. The van der Waals surface area contributed by atoms with Crippen LogP contribution < -0.4 is 5.32 Å². The molecule has 21 heavy (non-hydrogen) atoms. The van der Waals surface area contributed by atoms with Crippen molar-refractivity contribution >= 4 is 0 Å². The summed E-state index contributed by atoms with van der Waals surface area (Å²) in [4.78, 5) is 0. The van der Waals surface area contributed by atoms with Crippen molar-refractivity contribution in [1.29, 1.82) is 0 Å². The molecular formula is C17H31N3O. The van der Waals surface area contributed by atoms with E-state index in [-0.39, 0.29) is 0 Å². The van der Waals surface area contributed by atoms with Crippen molar-refractivity contribution in [3.8, 4) is 0 Å². The highest BCUT2D eigenvalue weighted by atomic mass is 16.5. The minimum absolute atomic E-state index is 0.334. The van der Waals surface area contributed by atoms with Gasteiger partial charge in [-0.2, -0.15) is 5.10 Å². The van der Waals surface area contributed by atoms with E-state index in [2.05, 4.69) is 42.8 Å². The average Bonchev–Trinajstić information content (AvgIpc) is 2.79. The molecule has 0 bridgehead atoms. The van der Waals surface area contributed by atoms with Crippen molar-refractivity contribution in [2.24, 2.45) is 0 Å². The van der Waals surface area contributed by atoms with E-state index in [1.54, 1.807) is 0 Å². The zero-order chi connectivity index (χ0) is 15.2. The molecule has 0 saturated heterocycles. The normalized spacial score (nSPS) is 18.1. The van der Waals surface area contributed by atoms with Gasteiger partial charge in [0.25, 0.3) is 0 Å². The third-order valence-corrected chi connectivity index (χ3v) is 4.63. The Labute approximate surface area is 129 Å². The zero-order valence-electron chi connectivity index (χ0n) is 14.1. The van der Waals surface area contributed by atoms with Crippen LogP contribution in [0.15, 0.2) is 0 Å². The zero-order valence-corrected chi connectivity index (χ0v) is 14.1. The second kappa shape index (κ2) is 7.95. The first-order chi connectivity index (χ1) is 10.1. The van der Waals surface area contributed by atoms with Crippen LogP contribution in [0.2, 0.25) is 0 Å². The number of nitrogens with zero attached hydrogens (tertiary/aromatic N) is 2. The monoisotopic (exact) mass is 293 g/mol. The van der Waals surface area contributed by atoms with Gasteiger partial charge in [-0.15, -0.1) is 0 Å².